The summed E-state index contributed by atoms with van der Waals surface area (Å²) in [6.07, 6.45) is 34.2. The summed E-state index contributed by atoms with van der Waals surface area (Å²) in [6.45, 7) is 8.87. The molecular formula is C38H66N4O2+2. The second kappa shape index (κ2) is 26.9. The van der Waals surface area contributed by atoms with E-state index in [0.29, 0.717) is 6.73 Å². The maximum Gasteiger partial charge on any atom is 0.251 e. The van der Waals surface area contributed by atoms with Crippen LogP contribution >= 0.6 is 0 Å². The van der Waals surface area contributed by atoms with Crippen LogP contribution in [0.3, 0.4) is 0 Å². The van der Waals surface area contributed by atoms with E-state index in [-0.39, 0.29) is 5.91 Å². The van der Waals surface area contributed by atoms with Crippen molar-refractivity contribution in [2.24, 2.45) is 0 Å². The molecule has 0 aliphatic carbocycles. The quantitative estimate of drug-likeness (QED) is 0.0552. The number of nitrogens with one attached hydrogen (secondary N) is 2. The third kappa shape index (κ3) is 19.7. The highest BCUT2D eigenvalue weighted by Crippen LogP contribution is 2.10. The number of nitrogens with zero attached hydrogens (tertiary/aromatic N) is 2. The molecule has 0 bridgehead atoms. The van der Waals surface area contributed by atoms with Crippen LogP contribution in [0.5, 0.6) is 5.75 Å². The van der Waals surface area contributed by atoms with Crippen LogP contribution in [0, 0.1) is 0 Å². The Hall–Kier alpha value is -2.47. The number of carbonyl (C=O) groups excluding carboxylic acids is 1. The second-order valence-electron chi connectivity index (χ2n) is 12.5. The van der Waals surface area contributed by atoms with Crippen molar-refractivity contribution in [3.05, 3.63) is 54.6 Å². The second-order valence-corrected chi connectivity index (χ2v) is 12.5. The van der Waals surface area contributed by atoms with Gasteiger partial charge in [0.15, 0.2) is 24.8 Å². The number of unbranched alkanes of at least 4 members (excludes halogenated alkanes) is 17. The van der Waals surface area contributed by atoms with Gasteiger partial charge in [-0.3, -0.25) is 10.1 Å². The monoisotopic (exact) mass is 611 g/mol. The van der Waals surface area contributed by atoms with Gasteiger partial charge in [-0.15, -0.1) is 0 Å². The Morgan fingerprint density at radius 3 is 1.52 bits per heavy atom. The molecule has 2 aromatic heterocycles. The summed E-state index contributed by atoms with van der Waals surface area (Å²) in [5.41, 5.74) is 0.748. The minimum atomic E-state index is 0.0302. The van der Waals surface area contributed by atoms with Crippen molar-refractivity contribution in [1.29, 1.82) is 0 Å². The molecule has 2 rings (SSSR count). The topological polar surface area (TPSA) is 58.1 Å². The van der Waals surface area contributed by atoms with E-state index in [1.54, 1.807) is 0 Å². The van der Waals surface area contributed by atoms with Crippen molar-refractivity contribution in [1.82, 2.24) is 10.6 Å². The molecule has 1 amide bonds. The van der Waals surface area contributed by atoms with Gasteiger partial charge in [0.25, 0.3) is 5.91 Å². The molecule has 248 valence electrons. The Bertz CT molecular complexity index is 933. The lowest BCUT2D eigenvalue weighted by Crippen LogP contribution is -2.33. The molecule has 0 atom stereocenters. The van der Waals surface area contributed by atoms with Crippen LogP contribution < -0.4 is 24.5 Å². The number of rotatable bonds is 29. The lowest BCUT2D eigenvalue weighted by molar-refractivity contribution is -0.697. The number of aryl methyl sites for hydroxylation is 2. The summed E-state index contributed by atoms with van der Waals surface area (Å²) in [6, 6.07) is 8.01. The first-order valence-electron chi connectivity index (χ1n) is 18.3. The van der Waals surface area contributed by atoms with E-state index in [9.17, 15) is 4.79 Å². The summed E-state index contributed by atoms with van der Waals surface area (Å²) >= 11 is 0. The Morgan fingerprint density at radius 2 is 1.00 bits per heavy atom. The maximum atomic E-state index is 12.5. The number of hydrogen-bond donors (Lipinski definition) is 2. The van der Waals surface area contributed by atoms with Crippen LogP contribution in [0.15, 0.2) is 49.1 Å². The number of pyridine rings is 2. The zero-order chi connectivity index (χ0) is 31.3. The highest BCUT2D eigenvalue weighted by atomic mass is 16.5. The molecule has 2 N–H and O–H groups in total. The molecule has 2 aromatic rings. The average Bonchev–Trinajstić information content (AvgIpc) is 3.05. The molecule has 0 saturated heterocycles. The molecule has 0 saturated carbocycles. The molecular weight excluding hydrogens is 544 g/mol. The van der Waals surface area contributed by atoms with E-state index < -0.39 is 0 Å². The average molecular weight is 611 g/mol. The first kappa shape index (κ1) is 37.7. The predicted octanol–water partition coefficient (Wildman–Crippen LogP) is 8.46. The largest absolute Gasteiger partial charge is 0.478 e. The van der Waals surface area contributed by atoms with Crippen molar-refractivity contribution in [2.75, 3.05) is 19.8 Å². The van der Waals surface area contributed by atoms with Crippen molar-refractivity contribution in [2.45, 2.75) is 155 Å². The Kier molecular flexibility index (Phi) is 23.1. The fourth-order valence-corrected chi connectivity index (χ4v) is 5.54. The lowest BCUT2D eigenvalue weighted by atomic mass is 10.1. The summed E-state index contributed by atoms with van der Waals surface area (Å²) < 4.78 is 10.3. The van der Waals surface area contributed by atoms with E-state index in [1.807, 2.05) is 24.5 Å². The summed E-state index contributed by atoms with van der Waals surface area (Å²) in [5, 5.41) is 6.45. The molecule has 0 aliphatic heterocycles. The van der Waals surface area contributed by atoms with Crippen LogP contribution in [0.1, 0.15) is 153 Å². The zero-order valence-corrected chi connectivity index (χ0v) is 28.5. The van der Waals surface area contributed by atoms with E-state index >= 15 is 0 Å². The maximum absolute atomic E-state index is 12.5. The molecule has 0 spiro atoms. The van der Waals surface area contributed by atoms with Crippen LogP contribution in [0.2, 0.25) is 0 Å². The molecule has 6 heteroatoms. The van der Waals surface area contributed by atoms with Gasteiger partial charge >= 0.3 is 0 Å². The zero-order valence-electron chi connectivity index (χ0n) is 28.5. The standard InChI is InChI=1S/C38H65N4O2/c1-3-5-7-9-11-13-17-21-29-41-31-23-36(24-32-41)38(43)40-28-20-16-15-19-27-39-35-44-37-25-33-42(34-26-37)30-22-18-14-12-10-8-6-4-2/h23-26,31-34,39H,3-22,27-30,35H2,1-2H3/q+1/p+1. The van der Waals surface area contributed by atoms with Crippen LogP contribution in [0.25, 0.3) is 0 Å². The molecule has 0 aliphatic rings. The van der Waals surface area contributed by atoms with Crippen LogP contribution in [-0.4, -0.2) is 25.7 Å². The lowest BCUT2D eigenvalue weighted by Gasteiger charge is -2.08. The van der Waals surface area contributed by atoms with Gasteiger partial charge in [0.05, 0.1) is 5.56 Å². The van der Waals surface area contributed by atoms with Gasteiger partial charge < -0.3 is 10.1 Å². The number of carbonyl (C=O) groups is 1. The van der Waals surface area contributed by atoms with Crippen molar-refractivity contribution in [3.8, 4) is 5.75 Å². The first-order valence-corrected chi connectivity index (χ1v) is 18.3. The molecule has 6 nitrogen and oxygen atoms in total. The third-order valence-corrected chi connectivity index (χ3v) is 8.46. The van der Waals surface area contributed by atoms with E-state index in [2.05, 4.69) is 58.1 Å². The highest BCUT2D eigenvalue weighted by molar-refractivity contribution is 5.93. The van der Waals surface area contributed by atoms with E-state index in [1.165, 1.54) is 103 Å². The molecule has 44 heavy (non-hydrogen) atoms. The Morgan fingerprint density at radius 1 is 0.568 bits per heavy atom. The summed E-state index contributed by atoms with van der Waals surface area (Å²) in [7, 11) is 0. The predicted molar refractivity (Wildman–Crippen MR) is 183 cm³/mol. The minimum Gasteiger partial charge on any atom is -0.478 e. The molecule has 0 aromatic carbocycles. The fourth-order valence-electron chi connectivity index (χ4n) is 5.54. The third-order valence-electron chi connectivity index (χ3n) is 8.46. The summed E-state index contributed by atoms with van der Waals surface area (Å²) in [4.78, 5) is 12.5. The Balaban J connectivity index is 1.39. The van der Waals surface area contributed by atoms with Gasteiger partial charge in [0.1, 0.15) is 25.6 Å². The van der Waals surface area contributed by atoms with Gasteiger partial charge in [0.2, 0.25) is 0 Å². The van der Waals surface area contributed by atoms with E-state index in [4.69, 9.17) is 4.74 Å². The van der Waals surface area contributed by atoms with Gasteiger partial charge in [0, 0.05) is 43.7 Å². The normalized spacial score (nSPS) is 11.1. The molecule has 0 radical (unpaired) electrons. The smallest absolute Gasteiger partial charge is 0.251 e. The van der Waals surface area contributed by atoms with Gasteiger partial charge in [-0.05, 0) is 32.2 Å². The fraction of sp³-hybridized carbons (Fsp3) is 0.711. The summed E-state index contributed by atoms with van der Waals surface area (Å²) in [5.74, 6) is 0.944. The van der Waals surface area contributed by atoms with Crippen molar-refractivity contribution in [3.63, 3.8) is 0 Å². The minimum absolute atomic E-state index is 0.0302. The first-order chi connectivity index (χ1) is 21.7. The van der Waals surface area contributed by atoms with Crippen LogP contribution in [0.4, 0.5) is 0 Å². The Labute approximate surface area is 270 Å². The van der Waals surface area contributed by atoms with Gasteiger partial charge in [-0.1, -0.05) is 104 Å². The SMILES string of the molecule is CCCCCCCCCC[n+]1ccc(OCNCCCCCCNC(=O)c2cc[n+](CCCCCCCCCC)cc2)cc1. The molecule has 0 unspecified atom stereocenters. The molecule has 0 fully saturated rings. The number of amides is 1. The van der Waals surface area contributed by atoms with Crippen LogP contribution in [-0.2, 0) is 13.1 Å². The molecule has 2 heterocycles. The number of ether oxygens (including phenoxy) is 1. The number of hydrogen-bond acceptors (Lipinski definition) is 3. The highest BCUT2D eigenvalue weighted by Gasteiger charge is 2.08. The van der Waals surface area contributed by atoms with Gasteiger partial charge in [-0.25, -0.2) is 9.13 Å². The van der Waals surface area contributed by atoms with Crippen molar-refractivity contribution >= 4 is 5.91 Å². The van der Waals surface area contributed by atoms with Crippen molar-refractivity contribution < 1.29 is 18.7 Å². The van der Waals surface area contributed by atoms with E-state index in [0.717, 1.165) is 63.2 Å². The van der Waals surface area contributed by atoms with Gasteiger partial charge in [-0.2, -0.15) is 0 Å². The number of aromatic nitrogens is 2.